The highest BCUT2D eigenvalue weighted by atomic mass is 16.5. The minimum atomic E-state index is -0.950. The van der Waals surface area contributed by atoms with E-state index in [0.29, 0.717) is 11.8 Å². The van der Waals surface area contributed by atoms with Crippen LogP contribution in [0, 0.1) is 5.92 Å². The second-order valence-electron chi connectivity index (χ2n) is 5.79. The van der Waals surface area contributed by atoms with Gasteiger partial charge in [-0.3, -0.25) is 4.90 Å². The summed E-state index contributed by atoms with van der Waals surface area (Å²) in [7, 11) is 1.51. The molecule has 1 aliphatic rings. The van der Waals surface area contributed by atoms with Crippen LogP contribution in [0.2, 0.25) is 0 Å². The van der Waals surface area contributed by atoms with E-state index in [0.717, 1.165) is 24.6 Å². The summed E-state index contributed by atoms with van der Waals surface area (Å²) in [5.74, 6) is 0.284. The van der Waals surface area contributed by atoms with Crippen molar-refractivity contribution in [2.24, 2.45) is 5.92 Å². The molecule has 0 amide bonds. The first-order valence-electron chi connectivity index (χ1n) is 7.15. The number of carboxylic acid groups (broad SMARTS) is 1. The molecule has 0 saturated carbocycles. The molecule has 0 spiro atoms. The van der Waals surface area contributed by atoms with Crippen molar-refractivity contribution >= 4 is 5.97 Å². The molecule has 0 aromatic heterocycles. The van der Waals surface area contributed by atoms with Crippen LogP contribution < -0.4 is 4.74 Å². The topological polar surface area (TPSA) is 49.8 Å². The number of likely N-dealkylation sites (tertiary alicyclic amines) is 1. The van der Waals surface area contributed by atoms with Crippen molar-refractivity contribution in [2.75, 3.05) is 13.7 Å². The fourth-order valence-electron chi connectivity index (χ4n) is 2.94. The van der Waals surface area contributed by atoms with E-state index in [4.69, 9.17) is 9.84 Å². The third-order valence-corrected chi connectivity index (χ3v) is 4.16. The van der Waals surface area contributed by atoms with Gasteiger partial charge in [0.25, 0.3) is 0 Å². The number of ether oxygens (including phenoxy) is 1. The van der Waals surface area contributed by atoms with E-state index in [1.165, 1.54) is 20.0 Å². The van der Waals surface area contributed by atoms with Gasteiger partial charge in [-0.05, 0) is 49.9 Å². The molecular formula is C16H23NO3. The molecule has 1 aromatic rings. The van der Waals surface area contributed by atoms with Crippen LogP contribution in [0.25, 0.3) is 0 Å². The molecule has 1 N–H and O–H groups in total. The van der Waals surface area contributed by atoms with Crippen molar-refractivity contribution in [3.05, 3.63) is 29.3 Å². The quantitative estimate of drug-likeness (QED) is 0.919. The first-order valence-corrected chi connectivity index (χ1v) is 7.15. The van der Waals surface area contributed by atoms with E-state index in [-0.39, 0.29) is 5.56 Å². The lowest BCUT2D eigenvalue weighted by atomic mass is 9.93. The number of hydrogen-bond donors (Lipinski definition) is 1. The normalized spacial score (nSPS) is 23.6. The van der Waals surface area contributed by atoms with Gasteiger partial charge in [0.1, 0.15) is 11.3 Å². The van der Waals surface area contributed by atoms with Crippen molar-refractivity contribution in [1.29, 1.82) is 0 Å². The SMILES string of the molecule is COc1cc(CN2CCC(C)CC2C)ccc1C(=O)O. The zero-order valence-corrected chi connectivity index (χ0v) is 12.4. The minimum absolute atomic E-state index is 0.219. The van der Waals surface area contributed by atoms with E-state index in [1.807, 2.05) is 12.1 Å². The van der Waals surface area contributed by atoms with Crippen LogP contribution in [-0.4, -0.2) is 35.7 Å². The van der Waals surface area contributed by atoms with Crippen LogP contribution in [0.15, 0.2) is 18.2 Å². The maximum Gasteiger partial charge on any atom is 0.339 e. The summed E-state index contributed by atoms with van der Waals surface area (Å²) in [6.07, 6.45) is 2.46. The standard InChI is InChI=1S/C16H23NO3/c1-11-6-7-17(12(2)8-11)10-13-4-5-14(16(18)19)15(9-13)20-3/h4-5,9,11-12H,6-8,10H2,1-3H3,(H,18,19). The Hall–Kier alpha value is -1.55. The van der Waals surface area contributed by atoms with Crippen LogP contribution in [0.3, 0.4) is 0 Å². The molecule has 1 saturated heterocycles. The number of nitrogens with zero attached hydrogens (tertiary/aromatic N) is 1. The summed E-state index contributed by atoms with van der Waals surface area (Å²) >= 11 is 0. The minimum Gasteiger partial charge on any atom is -0.496 e. The third-order valence-electron chi connectivity index (χ3n) is 4.16. The largest absolute Gasteiger partial charge is 0.496 e. The monoisotopic (exact) mass is 277 g/mol. The lowest BCUT2D eigenvalue weighted by Gasteiger charge is -2.36. The Morgan fingerprint density at radius 3 is 2.80 bits per heavy atom. The Morgan fingerprint density at radius 2 is 2.20 bits per heavy atom. The van der Waals surface area contributed by atoms with E-state index < -0.39 is 5.97 Å². The van der Waals surface area contributed by atoms with E-state index in [1.54, 1.807) is 6.07 Å². The number of carboxylic acids is 1. The highest BCUT2D eigenvalue weighted by Crippen LogP contribution is 2.26. The van der Waals surface area contributed by atoms with Crippen molar-refractivity contribution < 1.29 is 14.6 Å². The van der Waals surface area contributed by atoms with Crippen molar-refractivity contribution in [3.63, 3.8) is 0 Å². The molecule has 2 rings (SSSR count). The Labute approximate surface area is 120 Å². The molecule has 1 aromatic carbocycles. The Bertz CT molecular complexity index is 487. The maximum atomic E-state index is 11.1. The zero-order chi connectivity index (χ0) is 14.7. The van der Waals surface area contributed by atoms with E-state index in [2.05, 4.69) is 18.7 Å². The van der Waals surface area contributed by atoms with Gasteiger partial charge in [0.15, 0.2) is 0 Å². The van der Waals surface area contributed by atoms with Crippen molar-refractivity contribution in [2.45, 2.75) is 39.3 Å². The van der Waals surface area contributed by atoms with Gasteiger partial charge in [0, 0.05) is 12.6 Å². The third kappa shape index (κ3) is 3.31. The molecule has 0 aliphatic carbocycles. The molecule has 2 atom stereocenters. The molecule has 20 heavy (non-hydrogen) atoms. The summed E-state index contributed by atoms with van der Waals surface area (Å²) < 4.78 is 5.18. The molecule has 0 bridgehead atoms. The second-order valence-corrected chi connectivity index (χ2v) is 5.79. The van der Waals surface area contributed by atoms with Gasteiger partial charge in [0.2, 0.25) is 0 Å². The number of benzene rings is 1. The molecule has 110 valence electrons. The molecule has 2 unspecified atom stereocenters. The van der Waals surface area contributed by atoms with Crippen LogP contribution in [-0.2, 0) is 6.54 Å². The van der Waals surface area contributed by atoms with Gasteiger partial charge < -0.3 is 9.84 Å². The molecule has 1 fully saturated rings. The second kappa shape index (κ2) is 6.27. The Kier molecular flexibility index (Phi) is 4.65. The van der Waals surface area contributed by atoms with Crippen LogP contribution in [0.4, 0.5) is 0 Å². The van der Waals surface area contributed by atoms with Gasteiger partial charge in [-0.25, -0.2) is 4.79 Å². The predicted octanol–water partition coefficient (Wildman–Crippen LogP) is 3.01. The summed E-state index contributed by atoms with van der Waals surface area (Å²) in [6.45, 7) is 6.52. The number of hydrogen-bond acceptors (Lipinski definition) is 3. The Balaban J connectivity index is 2.12. The fraction of sp³-hybridized carbons (Fsp3) is 0.562. The Morgan fingerprint density at radius 1 is 1.45 bits per heavy atom. The average molecular weight is 277 g/mol. The maximum absolute atomic E-state index is 11.1. The lowest BCUT2D eigenvalue weighted by Crippen LogP contribution is -2.39. The molecule has 4 heteroatoms. The van der Waals surface area contributed by atoms with Gasteiger partial charge in [0.05, 0.1) is 7.11 Å². The first-order chi connectivity index (χ1) is 9.51. The summed E-state index contributed by atoms with van der Waals surface area (Å²) in [6, 6.07) is 5.93. The number of carbonyl (C=O) groups is 1. The fourth-order valence-corrected chi connectivity index (χ4v) is 2.94. The number of piperidine rings is 1. The zero-order valence-electron chi connectivity index (χ0n) is 12.4. The highest BCUT2D eigenvalue weighted by Gasteiger charge is 2.23. The number of aromatic carboxylic acids is 1. The summed E-state index contributed by atoms with van der Waals surface area (Å²) in [4.78, 5) is 13.5. The molecular weight excluding hydrogens is 254 g/mol. The van der Waals surface area contributed by atoms with Crippen molar-refractivity contribution in [3.8, 4) is 5.75 Å². The van der Waals surface area contributed by atoms with Gasteiger partial charge >= 0.3 is 5.97 Å². The van der Waals surface area contributed by atoms with Crippen molar-refractivity contribution in [1.82, 2.24) is 4.90 Å². The van der Waals surface area contributed by atoms with Gasteiger partial charge in [-0.2, -0.15) is 0 Å². The molecule has 4 nitrogen and oxygen atoms in total. The number of rotatable bonds is 4. The average Bonchev–Trinajstić information content (AvgIpc) is 2.41. The number of methoxy groups -OCH3 is 1. The molecule has 1 heterocycles. The first kappa shape index (κ1) is 14.9. The molecule has 1 aliphatic heterocycles. The highest BCUT2D eigenvalue weighted by molar-refractivity contribution is 5.90. The summed E-state index contributed by atoms with van der Waals surface area (Å²) in [5, 5.41) is 9.09. The van der Waals surface area contributed by atoms with E-state index >= 15 is 0 Å². The van der Waals surface area contributed by atoms with Gasteiger partial charge in [-0.15, -0.1) is 0 Å². The smallest absolute Gasteiger partial charge is 0.339 e. The predicted molar refractivity (Wildman–Crippen MR) is 78.2 cm³/mol. The van der Waals surface area contributed by atoms with Crippen LogP contribution >= 0.6 is 0 Å². The van der Waals surface area contributed by atoms with Gasteiger partial charge in [-0.1, -0.05) is 13.0 Å². The van der Waals surface area contributed by atoms with Crippen LogP contribution in [0.5, 0.6) is 5.75 Å². The van der Waals surface area contributed by atoms with E-state index in [9.17, 15) is 4.79 Å². The molecule has 0 radical (unpaired) electrons. The summed E-state index contributed by atoms with van der Waals surface area (Å²) in [5.41, 5.74) is 1.32. The lowest BCUT2D eigenvalue weighted by molar-refractivity contribution is 0.0693. The van der Waals surface area contributed by atoms with Crippen LogP contribution in [0.1, 0.15) is 42.6 Å².